The third-order valence-corrected chi connectivity index (χ3v) is 5.35. The average molecular weight is 393 g/mol. The van der Waals surface area contributed by atoms with Gasteiger partial charge in [0.05, 0.1) is 11.4 Å². The molecule has 4 rings (SSSR count). The second-order valence-electron chi connectivity index (χ2n) is 6.57. The molecule has 1 amide bonds. The maximum absolute atomic E-state index is 12.9. The van der Waals surface area contributed by atoms with Crippen molar-refractivity contribution in [3.8, 4) is 5.69 Å². The van der Waals surface area contributed by atoms with Crippen LogP contribution in [0.5, 0.6) is 0 Å². The molecule has 1 aromatic carbocycles. The van der Waals surface area contributed by atoms with Crippen molar-refractivity contribution in [2.24, 2.45) is 0 Å². The molecule has 0 aliphatic rings. The van der Waals surface area contributed by atoms with Crippen LogP contribution in [0.2, 0.25) is 0 Å². The van der Waals surface area contributed by atoms with E-state index in [1.54, 1.807) is 29.2 Å². The maximum atomic E-state index is 12.9. The van der Waals surface area contributed by atoms with E-state index < -0.39 is 6.04 Å². The van der Waals surface area contributed by atoms with Crippen LogP contribution in [0.15, 0.2) is 52.8 Å². The molecule has 0 radical (unpaired) electrons. The molecule has 0 unspecified atom stereocenters. The second kappa shape index (κ2) is 7.05. The zero-order valence-corrected chi connectivity index (χ0v) is 16.5. The number of thiazole rings is 1. The van der Waals surface area contributed by atoms with Crippen LogP contribution in [0.4, 0.5) is 5.13 Å². The molecule has 0 spiro atoms. The van der Waals surface area contributed by atoms with Crippen LogP contribution in [-0.4, -0.2) is 25.2 Å². The first-order chi connectivity index (χ1) is 13.5. The molecule has 1 atom stereocenters. The molecule has 8 heteroatoms. The van der Waals surface area contributed by atoms with E-state index in [-0.39, 0.29) is 11.5 Å². The lowest BCUT2D eigenvalue weighted by Gasteiger charge is -2.18. The summed E-state index contributed by atoms with van der Waals surface area (Å²) in [5, 5.41) is 10.6. The van der Waals surface area contributed by atoms with E-state index in [0.29, 0.717) is 10.8 Å². The highest BCUT2D eigenvalue weighted by molar-refractivity contribution is 7.13. The van der Waals surface area contributed by atoms with E-state index in [2.05, 4.69) is 15.4 Å². The Morgan fingerprint density at radius 2 is 1.96 bits per heavy atom. The van der Waals surface area contributed by atoms with Crippen LogP contribution in [-0.2, 0) is 4.79 Å². The Labute approximate surface area is 165 Å². The van der Waals surface area contributed by atoms with Gasteiger partial charge < -0.3 is 5.32 Å². The minimum absolute atomic E-state index is 0.246. The largest absolute Gasteiger partial charge is 0.300 e. The van der Waals surface area contributed by atoms with Gasteiger partial charge in [0.2, 0.25) is 5.91 Å². The SMILES string of the molecule is Cc1cc(=O)n([C@@H](C)C(=O)Nc2nccs2)c2c1c(C)nn2-c1ccccc1. The number of hydrogen-bond donors (Lipinski definition) is 1. The number of rotatable bonds is 4. The first-order valence-electron chi connectivity index (χ1n) is 8.84. The van der Waals surface area contributed by atoms with Gasteiger partial charge in [0.25, 0.3) is 5.56 Å². The fourth-order valence-corrected chi connectivity index (χ4v) is 3.90. The number of para-hydroxylation sites is 1. The average Bonchev–Trinajstić information content (AvgIpc) is 3.30. The molecular weight excluding hydrogens is 374 g/mol. The van der Waals surface area contributed by atoms with E-state index in [4.69, 9.17) is 0 Å². The quantitative estimate of drug-likeness (QED) is 0.576. The summed E-state index contributed by atoms with van der Waals surface area (Å²) in [6.45, 7) is 5.50. The summed E-state index contributed by atoms with van der Waals surface area (Å²) in [6.07, 6.45) is 1.62. The van der Waals surface area contributed by atoms with E-state index in [0.717, 1.165) is 22.3 Å². The summed E-state index contributed by atoms with van der Waals surface area (Å²) in [4.78, 5) is 29.8. The molecular formula is C20H19N5O2S. The third kappa shape index (κ3) is 3.01. The molecule has 4 aromatic rings. The molecule has 28 heavy (non-hydrogen) atoms. The maximum Gasteiger partial charge on any atom is 0.253 e. The van der Waals surface area contributed by atoms with Gasteiger partial charge in [0, 0.05) is 23.0 Å². The molecule has 3 heterocycles. The minimum Gasteiger partial charge on any atom is -0.300 e. The predicted molar refractivity (Wildman–Crippen MR) is 110 cm³/mol. The molecule has 1 N–H and O–H groups in total. The van der Waals surface area contributed by atoms with Crippen LogP contribution in [0.25, 0.3) is 16.7 Å². The molecule has 0 aliphatic heterocycles. The van der Waals surface area contributed by atoms with Gasteiger partial charge in [0.1, 0.15) is 11.7 Å². The van der Waals surface area contributed by atoms with Gasteiger partial charge in [-0.1, -0.05) is 18.2 Å². The minimum atomic E-state index is -0.738. The monoisotopic (exact) mass is 393 g/mol. The highest BCUT2D eigenvalue weighted by Crippen LogP contribution is 2.26. The van der Waals surface area contributed by atoms with Gasteiger partial charge in [0.15, 0.2) is 5.13 Å². The first kappa shape index (κ1) is 18.1. The van der Waals surface area contributed by atoms with E-state index in [1.807, 2.05) is 44.2 Å². The molecule has 7 nitrogen and oxygen atoms in total. The Morgan fingerprint density at radius 1 is 1.21 bits per heavy atom. The smallest absolute Gasteiger partial charge is 0.253 e. The molecule has 0 saturated carbocycles. The second-order valence-corrected chi connectivity index (χ2v) is 7.46. The highest BCUT2D eigenvalue weighted by atomic mass is 32.1. The standard InChI is InChI=1S/C20H19N5O2S/c1-12-11-16(26)24(14(3)18(27)22-20-21-9-10-28-20)19-17(12)13(2)23-25(19)15-7-5-4-6-8-15/h4-11,14H,1-3H3,(H,21,22,27)/t14-/m0/s1. The Kier molecular flexibility index (Phi) is 4.56. The molecule has 0 aliphatic carbocycles. The van der Waals surface area contributed by atoms with Crippen molar-refractivity contribution in [2.75, 3.05) is 5.32 Å². The Morgan fingerprint density at radius 3 is 2.64 bits per heavy atom. The van der Waals surface area contributed by atoms with Gasteiger partial charge >= 0.3 is 0 Å². The lowest BCUT2D eigenvalue weighted by molar-refractivity contribution is -0.118. The summed E-state index contributed by atoms with van der Waals surface area (Å²) >= 11 is 1.33. The lowest BCUT2D eigenvalue weighted by Crippen LogP contribution is -2.32. The summed E-state index contributed by atoms with van der Waals surface area (Å²) < 4.78 is 3.23. The number of nitrogens with zero attached hydrogens (tertiary/aromatic N) is 4. The fourth-order valence-electron chi connectivity index (χ4n) is 3.37. The van der Waals surface area contributed by atoms with Crippen LogP contribution >= 0.6 is 11.3 Å². The van der Waals surface area contributed by atoms with Gasteiger partial charge in [-0.3, -0.25) is 14.2 Å². The predicted octanol–water partition coefficient (Wildman–Crippen LogP) is 3.46. The number of anilines is 1. The number of benzene rings is 1. The number of nitrogens with one attached hydrogen (secondary N) is 1. The number of aryl methyl sites for hydroxylation is 2. The molecule has 0 fully saturated rings. The van der Waals surface area contributed by atoms with Crippen LogP contribution in [0.3, 0.4) is 0 Å². The van der Waals surface area contributed by atoms with Gasteiger partial charge in [-0.2, -0.15) is 5.10 Å². The summed E-state index contributed by atoms with van der Waals surface area (Å²) in [6, 6.07) is 10.4. The number of carbonyl (C=O) groups excluding carboxylic acids is 1. The van der Waals surface area contributed by atoms with Crippen molar-refractivity contribution in [3.05, 3.63) is 69.6 Å². The number of fused-ring (bicyclic) bond motifs is 1. The van der Waals surface area contributed by atoms with Crippen molar-refractivity contribution in [1.29, 1.82) is 0 Å². The van der Waals surface area contributed by atoms with Crippen LogP contribution < -0.4 is 10.9 Å². The van der Waals surface area contributed by atoms with Crippen LogP contribution in [0.1, 0.15) is 24.2 Å². The van der Waals surface area contributed by atoms with Crippen molar-refractivity contribution in [1.82, 2.24) is 19.3 Å². The lowest BCUT2D eigenvalue weighted by atomic mass is 10.1. The summed E-state index contributed by atoms with van der Waals surface area (Å²) in [7, 11) is 0. The zero-order valence-electron chi connectivity index (χ0n) is 15.7. The van der Waals surface area contributed by atoms with Crippen molar-refractivity contribution >= 4 is 33.4 Å². The Balaban J connectivity index is 1.92. The van der Waals surface area contributed by atoms with Crippen molar-refractivity contribution in [3.63, 3.8) is 0 Å². The Hall–Kier alpha value is -3.26. The number of hydrogen-bond acceptors (Lipinski definition) is 5. The molecule has 0 saturated heterocycles. The molecule has 0 bridgehead atoms. The van der Waals surface area contributed by atoms with E-state index in [9.17, 15) is 9.59 Å². The Bertz CT molecular complexity index is 1210. The molecule has 3 aromatic heterocycles. The summed E-state index contributed by atoms with van der Waals surface area (Å²) in [5.74, 6) is -0.305. The van der Waals surface area contributed by atoms with Gasteiger partial charge in [-0.25, -0.2) is 9.67 Å². The first-order valence-corrected chi connectivity index (χ1v) is 9.72. The van der Waals surface area contributed by atoms with Gasteiger partial charge in [-0.05, 0) is 38.5 Å². The fraction of sp³-hybridized carbons (Fsp3) is 0.200. The van der Waals surface area contributed by atoms with Crippen molar-refractivity contribution < 1.29 is 4.79 Å². The number of aromatic nitrogens is 4. The number of carbonyl (C=O) groups is 1. The molecule has 142 valence electrons. The third-order valence-electron chi connectivity index (χ3n) is 4.67. The number of amides is 1. The van der Waals surface area contributed by atoms with Crippen LogP contribution in [0, 0.1) is 13.8 Å². The van der Waals surface area contributed by atoms with E-state index >= 15 is 0 Å². The summed E-state index contributed by atoms with van der Waals surface area (Å²) in [5.41, 5.74) is 2.83. The number of pyridine rings is 1. The van der Waals surface area contributed by atoms with E-state index in [1.165, 1.54) is 15.9 Å². The zero-order chi connectivity index (χ0) is 19.8. The normalized spacial score (nSPS) is 12.2. The van der Waals surface area contributed by atoms with Crippen molar-refractivity contribution in [2.45, 2.75) is 26.8 Å². The highest BCUT2D eigenvalue weighted by Gasteiger charge is 2.24. The topological polar surface area (TPSA) is 81.8 Å². The van der Waals surface area contributed by atoms with Gasteiger partial charge in [-0.15, -0.1) is 11.3 Å².